The molecule has 1 saturated carbocycles. The molecule has 2 rings (SSSR count). The van der Waals surface area contributed by atoms with Gasteiger partial charge in [0.15, 0.2) is 0 Å². The van der Waals surface area contributed by atoms with E-state index in [9.17, 15) is 4.39 Å². The zero-order valence-electron chi connectivity index (χ0n) is 11.5. The summed E-state index contributed by atoms with van der Waals surface area (Å²) in [7, 11) is 0. The SMILES string of the molecule is CCC(NC(C)C1CCCC1)c1cccc(F)c1. The van der Waals surface area contributed by atoms with Crippen molar-refractivity contribution in [3.05, 3.63) is 35.6 Å². The molecule has 2 heteroatoms. The maximum atomic E-state index is 13.3. The molecule has 1 N–H and O–H groups in total. The fourth-order valence-corrected chi connectivity index (χ4v) is 3.08. The number of hydrogen-bond acceptors (Lipinski definition) is 1. The Morgan fingerprint density at radius 2 is 2.06 bits per heavy atom. The molecule has 1 fully saturated rings. The van der Waals surface area contributed by atoms with Gasteiger partial charge in [-0.15, -0.1) is 0 Å². The lowest BCUT2D eigenvalue weighted by atomic mass is 9.96. The summed E-state index contributed by atoms with van der Waals surface area (Å²) in [5.74, 6) is 0.661. The molecule has 100 valence electrons. The Bertz CT molecular complexity index is 371. The minimum Gasteiger partial charge on any atom is -0.307 e. The molecule has 18 heavy (non-hydrogen) atoms. The molecular formula is C16H24FN. The molecule has 2 atom stereocenters. The lowest BCUT2D eigenvalue weighted by Gasteiger charge is -2.27. The smallest absolute Gasteiger partial charge is 0.123 e. The van der Waals surface area contributed by atoms with E-state index in [0.717, 1.165) is 17.9 Å². The first kappa shape index (κ1) is 13.5. The Kier molecular flexibility index (Phi) is 4.76. The van der Waals surface area contributed by atoms with Gasteiger partial charge in [0.05, 0.1) is 0 Å². The average molecular weight is 249 g/mol. The summed E-state index contributed by atoms with van der Waals surface area (Å²) < 4.78 is 13.3. The third-order valence-electron chi connectivity index (χ3n) is 4.23. The first-order valence-corrected chi connectivity index (χ1v) is 7.22. The summed E-state index contributed by atoms with van der Waals surface area (Å²) in [5.41, 5.74) is 1.07. The zero-order chi connectivity index (χ0) is 13.0. The standard InChI is InChI=1S/C16H24FN/c1-3-16(14-9-6-10-15(17)11-14)18-12(2)13-7-4-5-8-13/h6,9-13,16,18H,3-5,7-8H2,1-2H3. The van der Waals surface area contributed by atoms with E-state index in [4.69, 9.17) is 0 Å². The van der Waals surface area contributed by atoms with Crippen LogP contribution in [0.1, 0.15) is 57.6 Å². The van der Waals surface area contributed by atoms with Crippen LogP contribution in [0.2, 0.25) is 0 Å². The van der Waals surface area contributed by atoms with E-state index >= 15 is 0 Å². The van der Waals surface area contributed by atoms with Crippen molar-refractivity contribution >= 4 is 0 Å². The first-order chi connectivity index (χ1) is 8.70. The average Bonchev–Trinajstić information content (AvgIpc) is 2.89. The highest BCUT2D eigenvalue weighted by atomic mass is 19.1. The van der Waals surface area contributed by atoms with Crippen molar-refractivity contribution in [2.24, 2.45) is 5.92 Å². The molecule has 2 unspecified atom stereocenters. The Hall–Kier alpha value is -0.890. The van der Waals surface area contributed by atoms with Gasteiger partial charge in [0.2, 0.25) is 0 Å². The quantitative estimate of drug-likeness (QED) is 0.813. The topological polar surface area (TPSA) is 12.0 Å². The fourth-order valence-electron chi connectivity index (χ4n) is 3.08. The highest BCUT2D eigenvalue weighted by Crippen LogP contribution is 2.29. The predicted octanol–water partition coefficient (Wildman–Crippen LogP) is 4.45. The fraction of sp³-hybridized carbons (Fsp3) is 0.625. The monoisotopic (exact) mass is 249 g/mol. The highest BCUT2D eigenvalue weighted by molar-refractivity contribution is 5.20. The van der Waals surface area contributed by atoms with E-state index in [-0.39, 0.29) is 11.9 Å². The molecule has 1 aromatic carbocycles. The molecule has 1 nitrogen and oxygen atoms in total. The van der Waals surface area contributed by atoms with Gasteiger partial charge < -0.3 is 5.32 Å². The Morgan fingerprint density at radius 1 is 1.33 bits per heavy atom. The molecule has 0 aliphatic heterocycles. The van der Waals surface area contributed by atoms with Crippen molar-refractivity contribution in [1.29, 1.82) is 0 Å². The number of benzene rings is 1. The molecule has 0 bridgehead atoms. The molecule has 0 heterocycles. The molecule has 0 aromatic heterocycles. The van der Waals surface area contributed by atoms with Crippen LogP contribution in [0.5, 0.6) is 0 Å². The summed E-state index contributed by atoms with van der Waals surface area (Å²) in [4.78, 5) is 0. The van der Waals surface area contributed by atoms with Crippen LogP contribution in [0.4, 0.5) is 4.39 Å². The van der Waals surface area contributed by atoms with Gasteiger partial charge in [-0.1, -0.05) is 31.9 Å². The summed E-state index contributed by atoms with van der Waals surface area (Å²) in [6.07, 6.45) is 6.42. The normalized spacial score (nSPS) is 19.9. The first-order valence-electron chi connectivity index (χ1n) is 7.22. The summed E-state index contributed by atoms with van der Waals surface area (Å²) >= 11 is 0. The van der Waals surface area contributed by atoms with E-state index < -0.39 is 0 Å². The molecule has 0 spiro atoms. The maximum Gasteiger partial charge on any atom is 0.123 e. The van der Waals surface area contributed by atoms with Crippen molar-refractivity contribution < 1.29 is 4.39 Å². The van der Waals surface area contributed by atoms with Crippen molar-refractivity contribution in [3.8, 4) is 0 Å². The lowest BCUT2D eigenvalue weighted by molar-refractivity contribution is 0.338. The predicted molar refractivity (Wildman–Crippen MR) is 74.0 cm³/mol. The molecule has 1 aliphatic rings. The van der Waals surface area contributed by atoms with E-state index in [1.54, 1.807) is 12.1 Å². The van der Waals surface area contributed by atoms with Crippen molar-refractivity contribution in [3.63, 3.8) is 0 Å². The number of rotatable bonds is 5. The molecular weight excluding hydrogens is 225 g/mol. The molecule has 0 radical (unpaired) electrons. The van der Waals surface area contributed by atoms with Crippen LogP contribution >= 0.6 is 0 Å². The largest absolute Gasteiger partial charge is 0.307 e. The summed E-state index contributed by atoms with van der Waals surface area (Å²) in [5, 5.41) is 3.69. The second-order valence-electron chi connectivity index (χ2n) is 5.52. The second-order valence-corrected chi connectivity index (χ2v) is 5.52. The molecule has 1 aromatic rings. The van der Waals surface area contributed by atoms with Gasteiger partial charge in [0, 0.05) is 12.1 Å². The van der Waals surface area contributed by atoms with Crippen LogP contribution < -0.4 is 5.32 Å². The van der Waals surface area contributed by atoms with E-state index in [1.165, 1.54) is 31.7 Å². The summed E-state index contributed by atoms with van der Waals surface area (Å²) in [6, 6.07) is 7.79. The Morgan fingerprint density at radius 3 is 2.67 bits per heavy atom. The Labute approximate surface area is 110 Å². The third-order valence-corrected chi connectivity index (χ3v) is 4.23. The van der Waals surface area contributed by atoms with Crippen molar-refractivity contribution in [2.45, 2.75) is 58.0 Å². The number of halogens is 1. The van der Waals surface area contributed by atoms with Crippen LogP contribution in [-0.2, 0) is 0 Å². The minimum atomic E-state index is -0.138. The van der Waals surface area contributed by atoms with E-state index in [0.29, 0.717) is 6.04 Å². The van der Waals surface area contributed by atoms with Gasteiger partial charge in [-0.25, -0.2) is 4.39 Å². The van der Waals surface area contributed by atoms with E-state index in [1.807, 2.05) is 6.07 Å². The number of hydrogen-bond donors (Lipinski definition) is 1. The number of nitrogens with one attached hydrogen (secondary N) is 1. The second kappa shape index (κ2) is 6.33. The highest BCUT2D eigenvalue weighted by Gasteiger charge is 2.23. The molecule has 1 aliphatic carbocycles. The molecule has 0 amide bonds. The third kappa shape index (κ3) is 3.32. The van der Waals surface area contributed by atoms with E-state index in [2.05, 4.69) is 19.2 Å². The summed E-state index contributed by atoms with van der Waals surface area (Å²) in [6.45, 7) is 4.43. The van der Waals surface area contributed by atoms with Crippen molar-refractivity contribution in [1.82, 2.24) is 5.32 Å². The zero-order valence-corrected chi connectivity index (χ0v) is 11.5. The van der Waals surface area contributed by atoms with Crippen LogP contribution in [0.15, 0.2) is 24.3 Å². The lowest BCUT2D eigenvalue weighted by Crippen LogP contribution is -2.35. The van der Waals surface area contributed by atoms with Crippen LogP contribution in [-0.4, -0.2) is 6.04 Å². The maximum absolute atomic E-state index is 13.3. The van der Waals surface area contributed by atoms with Gasteiger partial charge in [-0.3, -0.25) is 0 Å². The van der Waals surface area contributed by atoms with Crippen LogP contribution in [0.25, 0.3) is 0 Å². The van der Waals surface area contributed by atoms with Gasteiger partial charge in [-0.05, 0) is 49.8 Å². The van der Waals surface area contributed by atoms with Crippen LogP contribution in [0.3, 0.4) is 0 Å². The Balaban J connectivity index is 2.00. The van der Waals surface area contributed by atoms with Gasteiger partial charge in [0.1, 0.15) is 5.82 Å². The molecule has 0 saturated heterocycles. The van der Waals surface area contributed by atoms with Crippen LogP contribution in [0, 0.1) is 11.7 Å². The van der Waals surface area contributed by atoms with Gasteiger partial charge in [-0.2, -0.15) is 0 Å². The minimum absolute atomic E-state index is 0.138. The van der Waals surface area contributed by atoms with Crippen molar-refractivity contribution in [2.75, 3.05) is 0 Å². The van der Waals surface area contributed by atoms with Gasteiger partial charge >= 0.3 is 0 Å². The van der Waals surface area contributed by atoms with Gasteiger partial charge in [0.25, 0.3) is 0 Å².